The number of imidazole rings is 1. The zero-order valence-electron chi connectivity index (χ0n) is 15.2. The fourth-order valence-corrected chi connectivity index (χ4v) is 3.82. The maximum atomic E-state index is 11.7. The van der Waals surface area contributed by atoms with Crippen LogP contribution >= 0.6 is 0 Å². The van der Waals surface area contributed by atoms with Crippen LogP contribution in [0.3, 0.4) is 0 Å². The largest absolute Gasteiger partial charge is 0.341 e. The van der Waals surface area contributed by atoms with Crippen LogP contribution in [-0.2, 0) is 11.2 Å². The lowest BCUT2D eigenvalue weighted by atomic mass is 9.98. The topological polar surface area (TPSA) is 57.8 Å². The number of rotatable bonds is 6. The van der Waals surface area contributed by atoms with Crippen LogP contribution in [0.25, 0.3) is 11.0 Å². The molecule has 2 N–H and O–H groups in total. The number of carbonyl (C=O) groups is 1. The third-order valence-corrected chi connectivity index (χ3v) is 5.28. The maximum Gasteiger partial charge on any atom is 0.132 e. The molecule has 1 aliphatic heterocycles. The summed E-state index contributed by atoms with van der Waals surface area (Å²) in [5, 5.41) is 3.52. The van der Waals surface area contributed by atoms with Gasteiger partial charge in [-0.15, -0.1) is 0 Å². The van der Waals surface area contributed by atoms with Crippen molar-refractivity contribution in [2.75, 3.05) is 6.54 Å². The standard InChI is InChI=1S/C22H25N3O/c1-2-18(26)11-17-13-21(23-14-17)22-24-19-9-8-16(12-20(19)25-22)10-15-6-4-3-5-7-15/h3-9,12,17,21,23H,2,10-11,13-14H2,1H3,(H,24,25)/t17-,21+/m1/s1. The van der Waals surface area contributed by atoms with Crippen molar-refractivity contribution in [2.24, 2.45) is 5.92 Å². The zero-order valence-corrected chi connectivity index (χ0v) is 15.2. The lowest BCUT2D eigenvalue weighted by Crippen LogP contribution is -2.15. The van der Waals surface area contributed by atoms with Crippen molar-refractivity contribution in [3.8, 4) is 0 Å². The van der Waals surface area contributed by atoms with Crippen molar-refractivity contribution in [1.29, 1.82) is 0 Å². The predicted molar refractivity (Wildman–Crippen MR) is 104 cm³/mol. The maximum absolute atomic E-state index is 11.7. The van der Waals surface area contributed by atoms with Gasteiger partial charge in [0, 0.05) is 12.8 Å². The number of nitrogens with zero attached hydrogens (tertiary/aromatic N) is 1. The molecule has 26 heavy (non-hydrogen) atoms. The minimum Gasteiger partial charge on any atom is -0.341 e. The normalized spacial score (nSPS) is 19.9. The third kappa shape index (κ3) is 3.70. The Morgan fingerprint density at radius 2 is 2.00 bits per heavy atom. The summed E-state index contributed by atoms with van der Waals surface area (Å²) in [6.07, 6.45) is 3.22. The van der Waals surface area contributed by atoms with E-state index in [-0.39, 0.29) is 6.04 Å². The molecule has 4 nitrogen and oxygen atoms in total. The van der Waals surface area contributed by atoms with Crippen LogP contribution in [0.1, 0.15) is 49.2 Å². The summed E-state index contributed by atoms with van der Waals surface area (Å²) in [6.45, 7) is 2.83. The number of hydrogen-bond donors (Lipinski definition) is 2. The smallest absolute Gasteiger partial charge is 0.132 e. The number of Topliss-reactive ketones (excluding diaryl/α,β-unsaturated/α-hetero) is 1. The second-order valence-corrected chi connectivity index (χ2v) is 7.29. The van der Waals surface area contributed by atoms with Crippen LogP contribution in [0.2, 0.25) is 0 Å². The molecule has 2 heterocycles. The molecule has 0 saturated carbocycles. The molecule has 0 aliphatic carbocycles. The third-order valence-electron chi connectivity index (χ3n) is 5.28. The van der Waals surface area contributed by atoms with E-state index in [2.05, 4.69) is 52.8 Å². The van der Waals surface area contributed by atoms with Crippen LogP contribution < -0.4 is 5.32 Å². The Kier molecular flexibility index (Phi) is 4.85. The average Bonchev–Trinajstić information content (AvgIpc) is 3.28. The minimum absolute atomic E-state index is 0.217. The number of carbonyl (C=O) groups excluding carboxylic acids is 1. The Labute approximate surface area is 154 Å². The highest BCUT2D eigenvalue weighted by Gasteiger charge is 2.28. The molecule has 1 aromatic heterocycles. The SMILES string of the molecule is CCC(=O)C[C@H]1CN[C@H](c2nc3ccc(Cc4ccccc4)cc3[nH]2)C1. The van der Waals surface area contributed by atoms with Gasteiger partial charge < -0.3 is 10.3 Å². The summed E-state index contributed by atoms with van der Waals surface area (Å²) < 4.78 is 0. The first-order chi connectivity index (χ1) is 12.7. The molecule has 0 bridgehead atoms. The monoisotopic (exact) mass is 347 g/mol. The van der Waals surface area contributed by atoms with Crippen molar-refractivity contribution in [3.05, 3.63) is 65.5 Å². The lowest BCUT2D eigenvalue weighted by Gasteiger charge is -2.07. The van der Waals surface area contributed by atoms with E-state index in [9.17, 15) is 4.79 Å². The quantitative estimate of drug-likeness (QED) is 0.703. The number of aromatic nitrogens is 2. The molecular formula is C22H25N3O. The number of hydrogen-bond acceptors (Lipinski definition) is 3. The molecule has 0 radical (unpaired) electrons. The predicted octanol–water partition coefficient (Wildman–Crippen LogP) is 4.17. The van der Waals surface area contributed by atoms with Gasteiger partial charge in [0.1, 0.15) is 11.6 Å². The first-order valence-corrected chi connectivity index (χ1v) is 9.49. The van der Waals surface area contributed by atoms with Crippen molar-refractivity contribution >= 4 is 16.8 Å². The van der Waals surface area contributed by atoms with Gasteiger partial charge in [-0.3, -0.25) is 4.79 Å². The van der Waals surface area contributed by atoms with Gasteiger partial charge in [0.25, 0.3) is 0 Å². The van der Waals surface area contributed by atoms with E-state index in [4.69, 9.17) is 4.98 Å². The molecule has 1 fully saturated rings. The molecule has 4 heteroatoms. The zero-order chi connectivity index (χ0) is 17.9. The average molecular weight is 347 g/mol. The molecule has 0 amide bonds. The Morgan fingerprint density at radius 1 is 1.15 bits per heavy atom. The molecule has 3 aromatic rings. The van der Waals surface area contributed by atoms with Gasteiger partial charge in [-0.25, -0.2) is 4.98 Å². The molecule has 134 valence electrons. The van der Waals surface area contributed by atoms with Gasteiger partial charge >= 0.3 is 0 Å². The number of aromatic amines is 1. The van der Waals surface area contributed by atoms with Gasteiger partial charge in [-0.05, 0) is 48.6 Å². The van der Waals surface area contributed by atoms with Crippen molar-refractivity contribution < 1.29 is 4.79 Å². The number of nitrogens with one attached hydrogen (secondary N) is 2. The van der Waals surface area contributed by atoms with E-state index < -0.39 is 0 Å². The van der Waals surface area contributed by atoms with Gasteiger partial charge in [0.2, 0.25) is 0 Å². The van der Waals surface area contributed by atoms with Crippen LogP contribution in [-0.4, -0.2) is 22.3 Å². The minimum atomic E-state index is 0.217. The molecule has 1 aliphatic rings. The van der Waals surface area contributed by atoms with Crippen LogP contribution in [0.15, 0.2) is 48.5 Å². The summed E-state index contributed by atoms with van der Waals surface area (Å²) in [7, 11) is 0. The van der Waals surface area contributed by atoms with Gasteiger partial charge in [0.15, 0.2) is 0 Å². The number of benzene rings is 2. The van der Waals surface area contributed by atoms with Crippen LogP contribution in [0.4, 0.5) is 0 Å². The fraction of sp³-hybridized carbons (Fsp3) is 0.364. The van der Waals surface area contributed by atoms with E-state index in [1.54, 1.807) is 0 Å². The van der Waals surface area contributed by atoms with E-state index in [0.29, 0.717) is 24.5 Å². The van der Waals surface area contributed by atoms with Gasteiger partial charge in [-0.2, -0.15) is 0 Å². The number of H-pyrrole nitrogens is 1. The molecule has 4 rings (SSSR count). The molecular weight excluding hydrogens is 322 g/mol. The lowest BCUT2D eigenvalue weighted by molar-refractivity contribution is -0.119. The Morgan fingerprint density at radius 3 is 2.81 bits per heavy atom. The Bertz CT molecular complexity index is 900. The van der Waals surface area contributed by atoms with Gasteiger partial charge in [-0.1, -0.05) is 43.3 Å². The summed E-state index contributed by atoms with van der Waals surface area (Å²) in [5.74, 6) is 1.77. The van der Waals surface area contributed by atoms with Crippen molar-refractivity contribution in [2.45, 2.75) is 38.6 Å². The summed E-state index contributed by atoms with van der Waals surface area (Å²) in [5.41, 5.74) is 4.69. The van der Waals surface area contributed by atoms with Crippen LogP contribution in [0.5, 0.6) is 0 Å². The summed E-state index contributed by atoms with van der Waals surface area (Å²) >= 11 is 0. The Hall–Kier alpha value is -2.46. The first kappa shape index (κ1) is 17.0. The summed E-state index contributed by atoms with van der Waals surface area (Å²) in [4.78, 5) is 20.0. The second kappa shape index (κ2) is 7.42. The van der Waals surface area contributed by atoms with Crippen molar-refractivity contribution in [3.63, 3.8) is 0 Å². The second-order valence-electron chi connectivity index (χ2n) is 7.29. The molecule has 0 spiro atoms. The fourth-order valence-electron chi connectivity index (χ4n) is 3.82. The van der Waals surface area contributed by atoms with E-state index in [1.165, 1.54) is 11.1 Å². The molecule has 1 saturated heterocycles. The Balaban J connectivity index is 1.48. The highest BCUT2D eigenvalue weighted by Crippen LogP contribution is 2.29. The van der Waals surface area contributed by atoms with E-state index >= 15 is 0 Å². The first-order valence-electron chi connectivity index (χ1n) is 9.49. The molecule has 0 unspecified atom stereocenters. The number of ketones is 1. The summed E-state index contributed by atoms with van der Waals surface area (Å²) in [6, 6.07) is 17.2. The molecule has 2 atom stereocenters. The van der Waals surface area contributed by atoms with E-state index in [1.807, 2.05) is 13.0 Å². The highest BCUT2D eigenvalue weighted by molar-refractivity contribution is 5.78. The molecule has 2 aromatic carbocycles. The number of fused-ring (bicyclic) bond motifs is 1. The van der Waals surface area contributed by atoms with Crippen molar-refractivity contribution in [1.82, 2.24) is 15.3 Å². The highest BCUT2D eigenvalue weighted by atomic mass is 16.1. The van der Waals surface area contributed by atoms with Crippen LogP contribution in [0, 0.1) is 5.92 Å². The van der Waals surface area contributed by atoms with Gasteiger partial charge in [0.05, 0.1) is 17.1 Å². The van der Waals surface area contributed by atoms with E-state index in [0.717, 1.165) is 36.2 Å².